The largest absolute Gasteiger partial charge is 0.508 e. The van der Waals surface area contributed by atoms with Crippen LogP contribution in [0.3, 0.4) is 0 Å². The molecule has 3 aromatic carbocycles. The molecule has 0 amide bonds. The molecule has 27 heavy (non-hydrogen) atoms. The number of fused-ring (bicyclic) bond motifs is 1. The number of phenols is 1. The Morgan fingerprint density at radius 1 is 0.852 bits per heavy atom. The number of aromatic hydroxyl groups is 1. The second-order valence-corrected chi connectivity index (χ2v) is 8.42. The number of ether oxygens (including phenoxy) is 1. The molecule has 0 fully saturated rings. The van der Waals surface area contributed by atoms with Crippen molar-refractivity contribution in [2.45, 2.75) is 44.6 Å². The number of benzene rings is 3. The van der Waals surface area contributed by atoms with Crippen molar-refractivity contribution in [1.29, 1.82) is 0 Å². The lowest BCUT2D eigenvalue weighted by Gasteiger charge is -2.28. The molecule has 0 heterocycles. The molecule has 1 aliphatic carbocycles. The van der Waals surface area contributed by atoms with E-state index in [1.165, 1.54) is 22.3 Å². The highest BCUT2D eigenvalue weighted by Crippen LogP contribution is 2.53. The Balaban J connectivity index is 1.70. The van der Waals surface area contributed by atoms with Crippen LogP contribution in [-0.2, 0) is 17.4 Å². The normalized spacial score (nSPS) is 20.3. The van der Waals surface area contributed by atoms with E-state index in [1.54, 1.807) is 12.1 Å². The van der Waals surface area contributed by atoms with E-state index in [2.05, 4.69) is 51.1 Å². The van der Waals surface area contributed by atoms with E-state index in [9.17, 15) is 5.11 Å². The molecule has 138 valence electrons. The van der Waals surface area contributed by atoms with Crippen LogP contribution in [0, 0.1) is 0 Å². The Labute approximate surface area is 161 Å². The summed E-state index contributed by atoms with van der Waals surface area (Å²) in [5.41, 5.74) is 5.10. The van der Waals surface area contributed by atoms with Gasteiger partial charge in [0.2, 0.25) is 0 Å². The van der Waals surface area contributed by atoms with Crippen molar-refractivity contribution in [3.8, 4) is 11.5 Å². The molecule has 4 rings (SSSR count). The van der Waals surface area contributed by atoms with Gasteiger partial charge < -0.3 is 9.84 Å². The van der Waals surface area contributed by atoms with E-state index in [1.807, 2.05) is 30.3 Å². The van der Waals surface area contributed by atoms with Crippen molar-refractivity contribution in [1.82, 2.24) is 0 Å². The summed E-state index contributed by atoms with van der Waals surface area (Å²) in [6, 6.07) is 24.4. The third-order valence-corrected chi connectivity index (χ3v) is 5.86. The molecule has 2 heteroatoms. The summed E-state index contributed by atoms with van der Waals surface area (Å²) < 4.78 is 6.09. The number of hydrogen-bond donors (Lipinski definition) is 1. The van der Waals surface area contributed by atoms with Gasteiger partial charge in [0, 0.05) is 5.41 Å². The van der Waals surface area contributed by atoms with E-state index < -0.39 is 0 Å². The smallest absolute Gasteiger partial charge is 0.120 e. The fourth-order valence-corrected chi connectivity index (χ4v) is 4.56. The molecule has 3 aromatic rings. The second-order valence-electron chi connectivity index (χ2n) is 8.42. The predicted octanol–water partition coefficient (Wildman–Crippen LogP) is 5.96. The lowest BCUT2D eigenvalue weighted by Crippen LogP contribution is -2.23. The number of phenolic OH excluding ortho intramolecular Hbond substituents is 1. The van der Waals surface area contributed by atoms with Crippen molar-refractivity contribution in [3.05, 3.63) is 95.1 Å². The van der Waals surface area contributed by atoms with Crippen molar-refractivity contribution in [2.75, 3.05) is 0 Å². The molecule has 0 saturated heterocycles. The number of hydrogen-bond acceptors (Lipinski definition) is 2. The molecule has 1 atom stereocenters. The molecule has 0 aromatic heterocycles. The summed E-state index contributed by atoms with van der Waals surface area (Å²) in [5.74, 6) is 1.21. The molecule has 0 bridgehead atoms. The van der Waals surface area contributed by atoms with Gasteiger partial charge in [-0.25, -0.2) is 0 Å². The van der Waals surface area contributed by atoms with Crippen LogP contribution in [0.5, 0.6) is 11.5 Å². The first-order valence-corrected chi connectivity index (χ1v) is 9.50. The molecular weight excluding hydrogens is 332 g/mol. The van der Waals surface area contributed by atoms with Crippen LogP contribution in [0.25, 0.3) is 0 Å². The van der Waals surface area contributed by atoms with Crippen molar-refractivity contribution in [3.63, 3.8) is 0 Å². The molecule has 2 nitrogen and oxygen atoms in total. The monoisotopic (exact) mass is 358 g/mol. The van der Waals surface area contributed by atoms with Crippen LogP contribution >= 0.6 is 0 Å². The fourth-order valence-electron chi connectivity index (χ4n) is 4.56. The summed E-state index contributed by atoms with van der Waals surface area (Å²) in [7, 11) is 0. The first-order chi connectivity index (χ1) is 12.9. The van der Waals surface area contributed by atoms with Crippen LogP contribution in [0.4, 0.5) is 0 Å². The van der Waals surface area contributed by atoms with Crippen LogP contribution in [-0.4, -0.2) is 5.11 Å². The minimum Gasteiger partial charge on any atom is -0.508 e. The summed E-state index contributed by atoms with van der Waals surface area (Å²) in [6.07, 6.45) is 1.03. The average molecular weight is 358 g/mol. The van der Waals surface area contributed by atoms with Crippen molar-refractivity contribution >= 4 is 0 Å². The molecule has 1 unspecified atom stereocenters. The standard InChI is InChI=1S/C25H26O2/c1-24(2)17-25(3,19-9-11-20(26)12-10-19)23-15-21(13-14-22(23)24)27-16-18-7-5-4-6-8-18/h4-15,26H,16-17H2,1-3H3. The maximum atomic E-state index is 9.68. The van der Waals surface area contributed by atoms with Gasteiger partial charge in [-0.05, 0) is 58.4 Å². The van der Waals surface area contributed by atoms with Gasteiger partial charge in [-0.1, -0.05) is 69.3 Å². The molecule has 0 radical (unpaired) electrons. The topological polar surface area (TPSA) is 29.5 Å². The van der Waals surface area contributed by atoms with Gasteiger partial charge >= 0.3 is 0 Å². The number of rotatable bonds is 4. The van der Waals surface area contributed by atoms with E-state index in [4.69, 9.17) is 4.74 Å². The summed E-state index contributed by atoms with van der Waals surface area (Å²) >= 11 is 0. The van der Waals surface area contributed by atoms with E-state index in [-0.39, 0.29) is 10.8 Å². The molecule has 1 aliphatic rings. The van der Waals surface area contributed by atoms with Crippen LogP contribution in [0.2, 0.25) is 0 Å². The minimum atomic E-state index is -0.0986. The maximum Gasteiger partial charge on any atom is 0.120 e. The molecular formula is C25H26O2. The maximum absolute atomic E-state index is 9.68. The average Bonchev–Trinajstić information content (AvgIpc) is 2.88. The Kier molecular flexibility index (Phi) is 4.22. The van der Waals surface area contributed by atoms with E-state index in [0.717, 1.165) is 12.2 Å². The fraction of sp³-hybridized carbons (Fsp3) is 0.280. The molecule has 0 spiro atoms. The zero-order valence-corrected chi connectivity index (χ0v) is 16.2. The SMILES string of the molecule is CC1(C)CC(C)(c2ccc(O)cc2)c2cc(OCc3ccccc3)ccc21. The van der Waals surface area contributed by atoms with Gasteiger partial charge in [-0.3, -0.25) is 0 Å². The third kappa shape index (κ3) is 3.21. The predicted molar refractivity (Wildman–Crippen MR) is 109 cm³/mol. The first kappa shape index (κ1) is 17.7. The zero-order valence-electron chi connectivity index (χ0n) is 16.2. The highest BCUT2D eigenvalue weighted by Gasteiger charge is 2.45. The van der Waals surface area contributed by atoms with Gasteiger partial charge in [0.25, 0.3) is 0 Å². The van der Waals surface area contributed by atoms with Crippen LogP contribution in [0.1, 0.15) is 49.4 Å². The summed E-state index contributed by atoms with van der Waals surface area (Å²) in [5, 5.41) is 9.68. The minimum absolute atomic E-state index is 0.0972. The van der Waals surface area contributed by atoms with E-state index >= 15 is 0 Å². The second kappa shape index (κ2) is 6.45. The lowest BCUT2D eigenvalue weighted by molar-refractivity contribution is 0.305. The Bertz CT molecular complexity index is 942. The molecule has 0 saturated carbocycles. The Morgan fingerprint density at radius 3 is 2.26 bits per heavy atom. The first-order valence-electron chi connectivity index (χ1n) is 9.50. The third-order valence-electron chi connectivity index (χ3n) is 5.86. The van der Waals surface area contributed by atoms with Gasteiger partial charge in [0.05, 0.1) is 0 Å². The highest BCUT2D eigenvalue weighted by molar-refractivity contribution is 5.54. The Morgan fingerprint density at radius 2 is 1.56 bits per heavy atom. The molecule has 1 N–H and O–H groups in total. The summed E-state index contributed by atoms with van der Waals surface area (Å²) in [4.78, 5) is 0. The highest BCUT2D eigenvalue weighted by atomic mass is 16.5. The summed E-state index contributed by atoms with van der Waals surface area (Å²) in [6.45, 7) is 7.48. The van der Waals surface area contributed by atoms with Crippen molar-refractivity contribution in [2.24, 2.45) is 0 Å². The zero-order chi connectivity index (χ0) is 19.1. The van der Waals surface area contributed by atoms with Crippen molar-refractivity contribution < 1.29 is 9.84 Å². The van der Waals surface area contributed by atoms with Gasteiger partial charge in [-0.2, -0.15) is 0 Å². The Hall–Kier alpha value is -2.74. The molecule has 0 aliphatic heterocycles. The van der Waals surface area contributed by atoms with Gasteiger partial charge in [0.15, 0.2) is 0 Å². The van der Waals surface area contributed by atoms with Crippen LogP contribution < -0.4 is 4.74 Å². The van der Waals surface area contributed by atoms with E-state index in [0.29, 0.717) is 12.4 Å². The van der Waals surface area contributed by atoms with Gasteiger partial charge in [-0.15, -0.1) is 0 Å². The quantitative estimate of drug-likeness (QED) is 0.623. The lowest BCUT2D eigenvalue weighted by atomic mass is 9.75. The van der Waals surface area contributed by atoms with Crippen LogP contribution in [0.15, 0.2) is 72.8 Å². The van der Waals surface area contributed by atoms with Gasteiger partial charge in [0.1, 0.15) is 18.1 Å².